The van der Waals surface area contributed by atoms with Crippen LogP contribution in [0.25, 0.3) is 0 Å². The third kappa shape index (κ3) is 6.56. The monoisotopic (exact) mass is 476 g/mol. The van der Waals surface area contributed by atoms with Gasteiger partial charge in [0.15, 0.2) is 5.79 Å². The third-order valence-corrected chi connectivity index (χ3v) is 5.87. The summed E-state index contributed by atoms with van der Waals surface area (Å²) in [6.07, 6.45) is 3.43. The molecule has 2 atom stereocenters. The number of carbonyl (C=O) groups excluding carboxylic acids is 1. The molecule has 2 aromatic rings. The van der Waals surface area contributed by atoms with Gasteiger partial charge in [-0.1, -0.05) is 59.6 Å². The van der Waals surface area contributed by atoms with Crippen molar-refractivity contribution in [1.29, 1.82) is 0 Å². The highest BCUT2D eigenvalue weighted by molar-refractivity contribution is 9.09. The molecule has 1 aliphatic rings. The molecule has 30 heavy (non-hydrogen) atoms. The van der Waals surface area contributed by atoms with Gasteiger partial charge in [0.25, 0.3) is 0 Å². The Labute approximate surface area is 186 Å². The average molecular weight is 477 g/mol. The Balaban J connectivity index is 1.45. The number of halogens is 1. The van der Waals surface area contributed by atoms with Crippen molar-refractivity contribution in [2.24, 2.45) is 0 Å². The van der Waals surface area contributed by atoms with E-state index in [1.807, 2.05) is 30.3 Å². The van der Waals surface area contributed by atoms with E-state index in [1.165, 1.54) is 5.56 Å². The van der Waals surface area contributed by atoms with Crippen molar-refractivity contribution < 1.29 is 23.7 Å². The second kappa shape index (κ2) is 11.5. The number of unbranched alkanes of at least 4 members (excludes halogenated alkanes) is 1. The Kier molecular flexibility index (Phi) is 8.73. The van der Waals surface area contributed by atoms with Gasteiger partial charge in [-0.25, -0.2) is 4.79 Å². The number of esters is 1. The zero-order valence-corrected chi connectivity index (χ0v) is 18.9. The molecular weight excluding hydrogens is 448 g/mol. The smallest absolute Gasteiger partial charge is 0.338 e. The summed E-state index contributed by atoms with van der Waals surface area (Å²) in [5.41, 5.74) is 1.73. The van der Waals surface area contributed by atoms with Crippen molar-refractivity contribution in [3.63, 3.8) is 0 Å². The molecule has 0 aromatic heterocycles. The van der Waals surface area contributed by atoms with Crippen molar-refractivity contribution in [2.45, 2.75) is 44.5 Å². The summed E-state index contributed by atoms with van der Waals surface area (Å²) in [7, 11) is 0. The van der Waals surface area contributed by atoms with Gasteiger partial charge in [0, 0.05) is 6.42 Å². The molecule has 2 unspecified atom stereocenters. The molecule has 0 bridgehead atoms. The lowest BCUT2D eigenvalue weighted by Crippen LogP contribution is -2.34. The summed E-state index contributed by atoms with van der Waals surface area (Å²) in [5.74, 6) is -0.159. The summed E-state index contributed by atoms with van der Waals surface area (Å²) in [6, 6.07) is 17.1. The SMILES string of the molecule is CCCCOc1ccc(CCC2(CBr)OCC(COC(=O)c3ccccc3)O2)cc1. The molecule has 1 heterocycles. The maximum Gasteiger partial charge on any atom is 0.338 e. The first-order chi connectivity index (χ1) is 14.6. The number of carbonyl (C=O) groups is 1. The summed E-state index contributed by atoms with van der Waals surface area (Å²) in [6.45, 7) is 3.47. The van der Waals surface area contributed by atoms with Gasteiger partial charge in [0.2, 0.25) is 0 Å². The average Bonchev–Trinajstić information content (AvgIpc) is 3.21. The maximum atomic E-state index is 12.1. The number of benzene rings is 2. The molecular formula is C24H29BrO5. The predicted octanol–water partition coefficient (Wildman–Crippen LogP) is 5.16. The standard InChI is InChI=1S/C24H29BrO5/c1-2-3-15-27-21-11-9-19(10-12-21)13-14-24(18-25)29-17-22(30-24)16-28-23(26)20-7-5-4-6-8-20/h4-12,22H,2-3,13-18H2,1H3. The van der Waals surface area contributed by atoms with Crippen LogP contribution in [0.1, 0.15) is 42.1 Å². The Hall–Kier alpha value is -1.89. The van der Waals surface area contributed by atoms with Gasteiger partial charge < -0.3 is 18.9 Å². The zero-order chi connectivity index (χ0) is 21.2. The van der Waals surface area contributed by atoms with Crippen LogP contribution in [0.3, 0.4) is 0 Å². The van der Waals surface area contributed by atoms with E-state index in [9.17, 15) is 4.79 Å². The van der Waals surface area contributed by atoms with E-state index in [1.54, 1.807) is 12.1 Å². The van der Waals surface area contributed by atoms with E-state index in [-0.39, 0.29) is 18.7 Å². The van der Waals surface area contributed by atoms with Crippen molar-refractivity contribution >= 4 is 21.9 Å². The predicted molar refractivity (Wildman–Crippen MR) is 119 cm³/mol. The first-order valence-corrected chi connectivity index (χ1v) is 11.6. The second-order valence-electron chi connectivity index (χ2n) is 7.41. The van der Waals surface area contributed by atoms with Crippen molar-refractivity contribution in [1.82, 2.24) is 0 Å². The summed E-state index contributed by atoms with van der Waals surface area (Å²) in [4.78, 5) is 12.1. The van der Waals surface area contributed by atoms with Gasteiger partial charge >= 0.3 is 5.97 Å². The molecule has 0 saturated carbocycles. The topological polar surface area (TPSA) is 54.0 Å². The van der Waals surface area contributed by atoms with Crippen LogP contribution in [0, 0.1) is 0 Å². The number of alkyl halides is 1. The van der Waals surface area contributed by atoms with E-state index < -0.39 is 5.79 Å². The fraction of sp³-hybridized carbons (Fsp3) is 0.458. The molecule has 1 fully saturated rings. The van der Waals surface area contributed by atoms with Gasteiger partial charge in [0.1, 0.15) is 18.5 Å². The molecule has 1 aliphatic heterocycles. The number of rotatable bonds is 11. The highest BCUT2D eigenvalue weighted by Gasteiger charge is 2.40. The Bertz CT molecular complexity index is 780. The summed E-state index contributed by atoms with van der Waals surface area (Å²) >= 11 is 3.52. The van der Waals surface area contributed by atoms with Crippen LogP contribution in [0.4, 0.5) is 0 Å². The molecule has 1 saturated heterocycles. The lowest BCUT2D eigenvalue weighted by atomic mass is 10.1. The number of ether oxygens (including phenoxy) is 4. The normalized spacial score (nSPS) is 20.8. The minimum atomic E-state index is -0.708. The van der Waals surface area contributed by atoms with Crippen LogP contribution in [0.2, 0.25) is 0 Å². The Morgan fingerprint density at radius 2 is 1.93 bits per heavy atom. The van der Waals surface area contributed by atoms with E-state index >= 15 is 0 Å². The molecule has 5 nitrogen and oxygen atoms in total. The lowest BCUT2D eigenvalue weighted by Gasteiger charge is -2.26. The minimum Gasteiger partial charge on any atom is -0.494 e. The van der Waals surface area contributed by atoms with Crippen LogP contribution in [-0.2, 0) is 20.6 Å². The molecule has 0 N–H and O–H groups in total. The van der Waals surface area contributed by atoms with Gasteiger partial charge in [-0.05, 0) is 42.7 Å². The van der Waals surface area contributed by atoms with Crippen LogP contribution in [0.15, 0.2) is 54.6 Å². The zero-order valence-electron chi connectivity index (χ0n) is 17.3. The Morgan fingerprint density at radius 3 is 2.63 bits per heavy atom. The molecule has 0 aliphatic carbocycles. The van der Waals surface area contributed by atoms with Gasteiger partial charge in [-0.2, -0.15) is 0 Å². The molecule has 6 heteroatoms. The third-order valence-electron chi connectivity index (χ3n) is 5.01. The molecule has 0 radical (unpaired) electrons. The highest BCUT2D eigenvalue weighted by atomic mass is 79.9. The highest BCUT2D eigenvalue weighted by Crippen LogP contribution is 2.31. The number of aryl methyl sites for hydroxylation is 1. The molecule has 0 amide bonds. The maximum absolute atomic E-state index is 12.1. The quantitative estimate of drug-likeness (QED) is 0.254. The van der Waals surface area contributed by atoms with Gasteiger partial charge in [-0.15, -0.1) is 0 Å². The van der Waals surface area contributed by atoms with E-state index in [0.717, 1.165) is 31.6 Å². The van der Waals surface area contributed by atoms with Crippen LogP contribution in [0.5, 0.6) is 5.75 Å². The summed E-state index contributed by atoms with van der Waals surface area (Å²) < 4.78 is 23.2. The first-order valence-electron chi connectivity index (χ1n) is 10.5. The molecule has 3 rings (SSSR count). The van der Waals surface area contributed by atoms with Gasteiger partial charge in [0.05, 0.1) is 24.1 Å². The van der Waals surface area contributed by atoms with E-state index in [4.69, 9.17) is 18.9 Å². The van der Waals surface area contributed by atoms with Crippen molar-refractivity contribution in [3.05, 3.63) is 65.7 Å². The number of hydrogen-bond donors (Lipinski definition) is 0. The van der Waals surface area contributed by atoms with E-state index in [2.05, 4.69) is 35.0 Å². The van der Waals surface area contributed by atoms with Crippen molar-refractivity contribution in [2.75, 3.05) is 25.2 Å². The minimum absolute atomic E-state index is 0.173. The molecule has 0 spiro atoms. The first kappa shape index (κ1) is 22.8. The van der Waals surface area contributed by atoms with Crippen LogP contribution < -0.4 is 4.74 Å². The van der Waals surface area contributed by atoms with Crippen LogP contribution >= 0.6 is 15.9 Å². The summed E-state index contributed by atoms with van der Waals surface area (Å²) in [5, 5.41) is 0.557. The molecule has 162 valence electrons. The van der Waals surface area contributed by atoms with Crippen LogP contribution in [-0.4, -0.2) is 43.0 Å². The van der Waals surface area contributed by atoms with E-state index in [0.29, 0.717) is 23.9 Å². The lowest BCUT2D eigenvalue weighted by molar-refractivity contribution is -0.156. The van der Waals surface area contributed by atoms with Crippen molar-refractivity contribution in [3.8, 4) is 5.75 Å². The number of hydrogen-bond acceptors (Lipinski definition) is 5. The fourth-order valence-corrected chi connectivity index (χ4v) is 3.79. The fourth-order valence-electron chi connectivity index (χ4n) is 3.21. The second-order valence-corrected chi connectivity index (χ2v) is 7.97. The largest absolute Gasteiger partial charge is 0.494 e. The van der Waals surface area contributed by atoms with Gasteiger partial charge in [-0.3, -0.25) is 0 Å². The Morgan fingerprint density at radius 1 is 1.17 bits per heavy atom. The molecule has 2 aromatic carbocycles.